The second-order valence-electron chi connectivity index (χ2n) is 2.35. The second kappa shape index (κ2) is 9.91. The Morgan fingerprint density at radius 2 is 1.62 bits per heavy atom. The molecule has 0 unspecified atom stereocenters. The standard InChI is InChI=1S/C7H16O.H2O4S/c1-3-5-6-7-8-4-2;1-5(2,3)4/h3-7H2,1-2H3;(H2,1,2,3,4). The zero-order valence-electron chi connectivity index (χ0n) is 8.06. The van der Waals surface area contributed by atoms with Crippen molar-refractivity contribution in [3.63, 3.8) is 0 Å². The van der Waals surface area contributed by atoms with E-state index in [-0.39, 0.29) is 0 Å². The van der Waals surface area contributed by atoms with Gasteiger partial charge in [0.05, 0.1) is 0 Å². The lowest BCUT2D eigenvalue weighted by Gasteiger charge is -1.96. The van der Waals surface area contributed by atoms with E-state index in [0.29, 0.717) is 0 Å². The Morgan fingerprint density at radius 1 is 1.15 bits per heavy atom. The summed E-state index contributed by atoms with van der Waals surface area (Å²) >= 11 is 0. The van der Waals surface area contributed by atoms with Gasteiger partial charge in [-0.15, -0.1) is 0 Å². The van der Waals surface area contributed by atoms with Gasteiger partial charge >= 0.3 is 10.4 Å². The highest BCUT2D eigenvalue weighted by Crippen LogP contribution is 1.92. The Kier molecular flexibility index (Phi) is 11.7. The summed E-state index contributed by atoms with van der Waals surface area (Å²) in [6.45, 7) is 6.05. The van der Waals surface area contributed by atoms with Crippen LogP contribution in [-0.4, -0.2) is 30.7 Å². The van der Waals surface area contributed by atoms with Crippen LogP contribution in [0.1, 0.15) is 33.1 Å². The van der Waals surface area contributed by atoms with Crippen molar-refractivity contribution >= 4 is 10.4 Å². The highest BCUT2D eigenvalue weighted by molar-refractivity contribution is 7.79. The van der Waals surface area contributed by atoms with Crippen molar-refractivity contribution in [1.29, 1.82) is 0 Å². The third-order valence-corrected chi connectivity index (χ3v) is 1.10. The zero-order chi connectivity index (χ0) is 10.7. The first kappa shape index (κ1) is 15.3. The molecule has 0 heterocycles. The predicted molar refractivity (Wildman–Crippen MR) is 50.2 cm³/mol. The Labute approximate surface area is 79.7 Å². The van der Waals surface area contributed by atoms with E-state index in [4.69, 9.17) is 22.3 Å². The van der Waals surface area contributed by atoms with Crippen LogP contribution in [0.4, 0.5) is 0 Å². The van der Waals surface area contributed by atoms with Gasteiger partial charge in [0.2, 0.25) is 0 Å². The lowest BCUT2D eigenvalue weighted by atomic mass is 10.3. The minimum absolute atomic E-state index is 0.865. The first-order valence-electron chi connectivity index (χ1n) is 4.19. The molecule has 0 saturated heterocycles. The van der Waals surface area contributed by atoms with Crippen molar-refractivity contribution in [3.8, 4) is 0 Å². The summed E-state index contributed by atoms with van der Waals surface area (Å²) in [5, 5.41) is 0. The average molecular weight is 214 g/mol. The van der Waals surface area contributed by atoms with Crippen molar-refractivity contribution in [2.24, 2.45) is 0 Å². The first-order valence-corrected chi connectivity index (χ1v) is 5.59. The lowest BCUT2D eigenvalue weighted by Crippen LogP contribution is -1.91. The summed E-state index contributed by atoms with van der Waals surface area (Å²) in [4.78, 5) is 0. The van der Waals surface area contributed by atoms with Crippen LogP contribution in [0.25, 0.3) is 0 Å². The van der Waals surface area contributed by atoms with Gasteiger partial charge in [-0.2, -0.15) is 8.42 Å². The Balaban J connectivity index is 0. The van der Waals surface area contributed by atoms with Gasteiger partial charge in [-0.25, -0.2) is 0 Å². The molecule has 0 spiro atoms. The van der Waals surface area contributed by atoms with Crippen LogP contribution in [0.3, 0.4) is 0 Å². The molecular formula is C7H18O5S. The van der Waals surface area contributed by atoms with Gasteiger partial charge in [-0.3, -0.25) is 9.11 Å². The van der Waals surface area contributed by atoms with Gasteiger partial charge in [0.25, 0.3) is 0 Å². The van der Waals surface area contributed by atoms with Gasteiger partial charge in [0.1, 0.15) is 0 Å². The third-order valence-electron chi connectivity index (χ3n) is 1.10. The molecular weight excluding hydrogens is 196 g/mol. The van der Waals surface area contributed by atoms with Crippen molar-refractivity contribution < 1.29 is 22.3 Å². The first-order chi connectivity index (χ1) is 5.91. The van der Waals surface area contributed by atoms with Crippen LogP contribution in [0.2, 0.25) is 0 Å². The van der Waals surface area contributed by atoms with Crippen molar-refractivity contribution in [3.05, 3.63) is 0 Å². The van der Waals surface area contributed by atoms with Crippen molar-refractivity contribution in [2.45, 2.75) is 33.1 Å². The summed E-state index contributed by atoms with van der Waals surface area (Å²) in [6, 6.07) is 0. The fraction of sp³-hybridized carbons (Fsp3) is 1.00. The summed E-state index contributed by atoms with van der Waals surface area (Å²) in [5.74, 6) is 0. The Hall–Kier alpha value is -0.170. The topological polar surface area (TPSA) is 83.8 Å². The molecule has 0 bridgehead atoms. The van der Waals surface area contributed by atoms with Crippen LogP contribution >= 0.6 is 0 Å². The van der Waals surface area contributed by atoms with Crippen molar-refractivity contribution in [1.82, 2.24) is 0 Å². The fourth-order valence-electron chi connectivity index (χ4n) is 0.598. The maximum Gasteiger partial charge on any atom is 0.394 e. The molecule has 0 aliphatic carbocycles. The summed E-state index contributed by atoms with van der Waals surface area (Å²) < 4.78 is 36.7. The number of rotatable bonds is 5. The molecule has 0 saturated carbocycles. The van der Waals surface area contributed by atoms with Gasteiger partial charge < -0.3 is 4.74 Å². The van der Waals surface area contributed by atoms with E-state index < -0.39 is 10.4 Å². The Morgan fingerprint density at radius 3 is 1.92 bits per heavy atom. The molecule has 0 rings (SSSR count). The highest BCUT2D eigenvalue weighted by Gasteiger charge is 1.84. The molecule has 0 aromatic heterocycles. The molecule has 82 valence electrons. The van der Waals surface area contributed by atoms with Crippen LogP contribution in [0, 0.1) is 0 Å². The minimum atomic E-state index is -4.67. The van der Waals surface area contributed by atoms with Crippen LogP contribution in [-0.2, 0) is 15.1 Å². The average Bonchev–Trinajstić information content (AvgIpc) is 1.95. The maximum absolute atomic E-state index is 8.74. The third kappa shape index (κ3) is 49.0. The fourth-order valence-corrected chi connectivity index (χ4v) is 0.598. The summed E-state index contributed by atoms with van der Waals surface area (Å²) in [7, 11) is -4.67. The largest absolute Gasteiger partial charge is 0.394 e. The van der Waals surface area contributed by atoms with Gasteiger partial charge in [0, 0.05) is 13.2 Å². The number of hydrogen-bond donors (Lipinski definition) is 2. The Bertz CT molecular complexity index is 161. The van der Waals surface area contributed by atoms with Crippen LogP contribution in [0.15, 0.2) is 0 Å². The highest BCUT2D eigenvalue weighted by atomic mass is 32.3. The van der Waals surface area contributed by atoms with Crippen LogP contribution < -0.4 is 0 Å². The molecule has 6 heteroatoms. The van der Waals surface area contributed by atoms with Crippen molar-refractivity contribution in [2.75, 3.05) is 13.2 Å². The van der Waals surface area contributed by atoms with E-state index in [1.807, 2.05) is 6.92 Å². The SMILES string of the molecule is CCCCCOCC.O=S(=O)(O)O. The molecule has 5 nitrogen and oxygen atoms in total. The molecule has 13 heavy (non-hydrogen) atoms. The monoisotopic (exact) mass is 214 g/mol. The summed E-state index contributed by atoms with van der Waals surface area (Å²) in [5.41, 5.74) is 0. The minimum Gasteiger partial charge on any atom is -0.382 e. The van der Waals surface area contributed by atoms with E-state index in [1.54, 1.807) is 0 Å². The predicted octanol–water partition coefficient (Wildman–Crippen LogP) is 1.56. The molecule has 0 aromatic rings. The van der Waals surface area contributed by atoms with E-state index in [9.17, 15) is 0 Å². The van der Waals surface area contributed by atoms with Gasteiger partial charge in [0.15, 0.2) is 0 Å². The van der Waals surface area contributed by atoms with Gasteiger partial charge in [-0.05, 0) is 13.3 Å². The molecule has 0 atom stereocenters. The quantitative estimate of drug-likeness (QED) is 0.536. The molecule has 2 N–H and O–H groups in total. The number of hydrogen-bond acceptors (Lipinski definition) is 3. The maximum atomic E-state index is 8.74. The smallest absolute Gasteiger partial charge is 0.382 e. The zero-order valence-corrected chi connectivity index (χ0v) is 8.88. The lowest BCUT2D eigenvalue weighted by molar-refractivity contribution is 0.143. The van der Waals surface area contributed by atoms with E-state index in [2.05, 4.69) is 6.92 Å². The summed E-state index contributed by atoms with van der Waals surface area (Å²) in [6.07, 6.45) is 3.82. The van der Waals surface area contributed by atoms with E-state index >= 15 is 0 Å². The second-order valence-corrected chi connectivity index (χ2v) is 3.25. The normalized spacial score (nSPS) is 10.5. The van der Waals surface area contributed by atoms with E-state index in [1.165, 1.54) is 19.3 Å². The molecule has 0 amide bonds. The molecule has 0 aromatic carbocycles. The molecule has 0 fully saturated rings. The van der Waals surface area contributed by atoms with E-state index in [0.717, 1.165) is 13.2 Å². The number of unbranched alkanes of at least 4 members (excludes halogenated alkanes) is 2. The van der Waals surface area contributed by atoms with Gasteiger partial charge in [-0.1, -0.05) is 19.8 Å². The molecule has 0 aliphatic rings. The number of ether oxygens (including phenoxy) is 1. The molecule has 0 radical (unpaired) electrons. The molecule has 0 aliphatic heterocycles. The van der Waals surface area contributed by atoms with Crippen LogP contribution in [0.5, 0.6) is 0 Å².